The van der Waals surface area contributed by atoms with E-state index >= 15 is 0 Å². The first-order chi connectivity index (χ1) is 15.8. The van der Waals surface area contributed by atoms with Gasteiger partial charge in [-0.1, -0.05) is 6.92 Å². The minimum absolute atomic E-state index is 0.0461. The van der Waals surface area contributed by atoms with Crippen molar-refractivity contribution in [2.75, 3.05) is 11.1 Å². The highest BCUT2D eigenvalue weighted by Gasteiger charge is 2.35. The van der Waals surface area contributed by atoms with Crippen LogP contribution in [0.3, 0.4) is 0 Å². The summed E-state index contributed by atoms with van der Waals surface area (Å²) in [6.45, 7) is 2.01. The number of fused-ring (bicyclic) bond motifs is 1. The zero-order valence-electron chi connectivity index (χ0n) is 18.6. The number of anilines is 2. The molecular weight excluding hydrogens is 428 g/mol. The van der Waals surface area contributed by atoms with Crippen LogP contribution in [0.25, 0.3) is 22.2 Å². The number of nitrogen functional groups attached to an aromatic ring is 1. The van der Waals surface area contributed by atoms with E-state index in [2.05, 4.69) is 15.4 Å². The maximum absolute atomic E-state index is 13.6. The minimum atomic E-state index is -2.57. The maximum atomic E-state index is 13.6. The number of nitrogens with zero attached hydrogens (tertiary/aromatic N) is 5. The van der Waals surface area contributed by atoms with E-state index in [1.807, 2.05) is 13.1 Å². The second-order valence-corrected chi connectivity index (χ2v) is 9.23. The Kier molecular flexibility index (Phi) is 5.64. The fourth-order valence-corrected chi connectivity index (χ4v) is 4.91. The van der Waals surface area contributed by atoms with Crippen LogP contribution in [0, 0.1) is 0 Å². The molecule has 4 N–H and O–H groups in total. The largest absolute Gasteiger partial charge is 0.393 e. The Labute approximate surface area is 190 Å². The normalized spacial score (nSPS) is 23.3. The Morgan fingerprint density at radius 3 is 2.64 bits per heavy atom. The zero-order chi connectivity index (χ0) is 23.2. The molecule has 3 aromatic rings. The lowest BCUT2D eigenvalue weighted by Gasteiger charge is -2.28. The van der Waals surface area contributed by atoms with Gasteiger partial charge in [-0.25, -0.2) is 23.7 Å². The molecule has 2 saturated carbocycles. The van der Waals surface area contributed by atoms with E-state index in [4.69, 9.17) is 15.7 Å². The molecule has 0 saturated heterocycles. The summed E-state index contributed by atoms with van der Waals surface area (Å²) in [7, 11) is 0. The lowest BCUT2D eigenvalue weighted by atomic mass is 9.92. The minimum Gasteiger partial charge on any atom is -0.393 e. The summed E-state index contributed by atoms with van der Waals surface area (Å²) in [5.41, 5.74) is 9.64. The summed E-state index contributed by atoms with van der Waals surface area (Å²) < 4.78 is 28.9. The smallest absolute Gasteiger partial charge is 0.248 e. The Hall–Kier alpha value is -2.88. The van der Waals surface area contributed by atoms with Crippen LogP contribution < -0.4 is 11.1 Å². The molecule has 3 heterocycles. The van der Waals surface area contributed by atoms with E-state index in [0.717, 1.165) is 29.7 Å². The number of rotatable bonds is 5. The van der Waals surface area contributed by atoms with Gasteiger partial charge in [0.1, 0.15) is 16.9 Å². The molecule has 5 rings (SSSR count). The fourth-order valence-electron chi connectivity index (χ4n) is 4.91. The van der Waals surface area contributed by atoms with Crippen LogP contribution in [0.15, 0.2) is 18.6 Å². The third-order valence-electron chi connectivity index (χ3n) is 6.85. The Balaban J connectivity index is 1.50. The van der Waals surface area contributed by atoms with Gasteiger partial charge in [0.2, 0.25) is 5.92 Å². The number of aliphatic hydroxyl groups is 1. The molecule has 8 nitrogen and oxygen atoms in total. The predicted molar refractivity (Wildman–Crippen MR) is 122 cm³/mol. The first kappa shape index (κ1) is 21.9. The summed E-state index contributed by atoms with van der Waals surface area (Å²) in [4.78, 5) is 14.0. The van der Waals surface area contributed by atoms with Crippen LogP contribution in [0.4, 0.5) is 20.4 Å². The molecule has 3 aromatic heterocycles. The summed E-state index contributed by atoms with van der Waals surface area (Å²) >= 11 is 0. The van der Waals surface area contributed by atoms with Crippen LogP contribution in [0.1, 0.15) is 63.6 Å². The van der Waals surface area contributed by atoms with Gasteiger partial charge >= 0.3 is 0 Å². The molecule has 2 atom stereocenters. The number of halogens is 2. The number of aryl methyl sites for hydroxylation is 1. The van der Waals surface area contributed by atoms with Crippen molar-refractivity contribution in [3.63, 3.8) is 0 Å². The van der Waals surface area contributed by atoms with Crippen LogP contribution >= 0.6 is 0 Å². The molecule has 0 unspecified atom stereocenters. The lowest BCUT2D eigenvalue weighted by molar-refractivity contribution is -0.0449. The number of hydrogen-bond acceptors (Lipinski definition) is 7. The highest BCUT2D eigenvalue weighted by Crippen LogP contribution is 2.39. The summed E-state index contributed by atoms with van der Waals surface area (Å²) in [6.07, 6.45) is 8.54. The van der Waals surface area contributed by atoms with E-state index in [9.17, 15) is 13.9 Å². The highest BCUT2D eigenvalue weighted by molar-refractivity contribution is 5.96. The van der Waals surface area contributed by atoms with E-state index in [1.54, 1.807) is 17.1 Å². The van der Waals surface area contributed by atoms with Crippen LogP contribution in [0.5, 0.6) is 0 Å². The van der Waals surface area contributed by atoms with Crippen molar-refractivity contribution in [2.45, 2.75) is 82.4 Å². The maximum Gasteiger partial charge on any atom is 0.248 e. The SMILES string of the molecule is CCc1nc2c(N)ncc(-c3cnn(C4CCC(F)(F)CC4)c3)c2nc1N[C@@H]1CC[C@H](O)C1. The molecule has 0 spiro atoms. The number of nitrogens with two attached hydrogens (primary N) is 1. The highest BCUT2D eigenvalue weighted by atomic mass is 19.3. The van der Waals surface area contributed by atoms with Crippen molar-refractivity contribution in [1.29, 1.82) is 0 Å². The standard InChI is InChI=1S/C23H29F2N7O/c1-2-18-22(29-14-3-4-16(33)9-14)31-19-17(11-27-21(26)20(19)30-18)13-10-28-32(12-13)15-5-7-23(24,25)8-6-15/h10-12,14-16,33H,2-9H2,1H3,(H2,26,27)(H,29,31)/t14-,16+/m1/s1. The van der Waals surface area contributed by atoms with E-state index in [-0.39, 0.29) is 31.0 Å². The molecule has 10 heteroatoms. The number of hydrogen-bond donors (Lipinski definition) is 3. The third-order valence-corrected chi connectivity index (χ3v) is 6.85. The van der Waals surface area contributed by atoms with Gasteiger partial charge in [-0.05, 0) is 38.5 Å². The van der Waals surface area contributed by atoms with Crippen molar-refractivity contribution in [3.8, 4) is 11.1 Å². The van der Waals surface area contributed by atoms with E-state index in [1.165, 1.54) is 0 Å². The number of pyridine rings is 1. The van der Waals surface area contributed by atoms with Gasteiger partial charge in [0.05, 0.1) is 24.0 Å². The fraction of sp³-hybridized carbons (Fsp3) is 0.565. The average molecular weight is 458 g/mol. The topological polar surface area (TPSA) is 115 Å². The Morgan fingerprint density at radius 2 is 1.94 bits per heavy atom. The molecule has 0 radical (unpaired) electrons. The van der Waals surface area contributed by atoms with Gasteiger partial charge in [0, 0.05) is 42.4 Å². The zero-order valence-corrected chi connectivity index (χ0v) is 18.6. The molecule has 2 aliphatic carbocycles. The van der Waals surface area contributed by atoms with Crippen LogP contribution in [0.2, 0.25) is 0 Å². The van der Waals surface area contributed by atoms with Gasteiger partial charge in [0.15, 0.2) is 5.82 Å². The van der Waals surface area contributed by atoms with Gasteiger partial charge in [-0.2, -0.15) is 5.10 Å². The monoisotopic (exact) mass is 457 g/mol. The molecule has 0 aromatic carbocycles. The van der Waals surface area contributed by atoms with Crippen molar-refractivity contribution < 1.29 is 13.9 Å². The van der Waals surface area contributed by atoms with Gasteiger partial charge in [-0.3, -0.25) is 4.68 Å². The number of aromatic nitrogens is 5. The summed E-state index contributed by atoms with van der Waals surface area (Å²) in [5, 5.41) is 17.8. The molecule has 2 aliphatic rings. The molecule has 33 heavy (non-hydrogen) atoms. The lowest BCUT2D eigenvalue weighted by Crippen LogP contribution is -2.26. The first-order valence-electron chi connectivity index (χ1n) is 11.6. The predicted octanol–water partition coefficient (Wildman–Crippen LogP) is 4.11. The van der Waals surface area contributed by atoms with Crippen molar-refractivity contribution >= 4 is 22.7 Å². The quantitative estimate of drug-likeness (QED) is 0.528. The van der Waals surface area contributed by atoms with E-state index in [0.29, 0.717) is 48.4 Å². The van der Waals surface area contributed by atoms with Gasteiger partial charge in [0.25, 0.3) is 0 Å². The molecule has 0 amide bonds. The average Bonchev–Trinajstić information content (AvgIpc) is 3.43. The van der Waals surface area contributed by atoms with E-state index < -0.39 is 5.92 Å². The van der Waals surface area contributed by atoms with Crippen molar-refractivity contribution in [2.24, 2.45) is 0 Å². The number of aliphatic hydroxyl groups excluding tert-OH is 1. The second-order valence-electron chi connectivity index (χ2n) is 9.23. The number of nitrogens with one attached hydrogen (secondary N) is 1. The van der Waals surface area contributed by atoms with Crippen LogP contribution in [-0.4, -0.2) is 47.9 Å². The Bertz CT molecular complexity index is 1160. The first-order valence-corrected chi connectivity index (χ1v) is 11.6. The van der Waals surface area contributed by atoms with Crippen molar-refractivity contribution in [3.05, 3.63) is 24.3 Å². The molecule has 0 bridgehead atoms. The molecule has 0 aliphatic heterocycles. The Morgan fingerprint density at radius 1 is 1.15 bits per heavy atom. The van der Waals surface area contributed by atoms with Crippen LogP contribution in [-0.2, 0) is 6.42 Å². The molecule has 2 fully saturated rings. The van der Waals surface area contributed by atoms with Gasteiger partial charge < -0.3 is 16.2 Å². The summed E-state index contributed by atoms with van der Waals surface area (Å²) in [6, 6.07) is 0.0991. The second kappa shape index (κ2) is 8.48. The third kappa shape index (κ3) is 4.36. The van der Waals surface area contributed by atoms with Crippen molar-refractivity contribution in [1.82, 2.24) is 24.7 Å². The molecular formula is C23H29F2N7O. The van der Waals surface area contributed by atoms with Gasteiger partial charge in [-0.15, -0.1) is 0 Å². The molecule has 176 valence electrons. The number of alkyl halides is 2. The summed E-state index contributed by atoms with van der Waals surface area (Å²) in [5.74, 6) is -1.58.